The molecule has 1 aromatic rings. The Kier molecular flexibility index (Phi) is 4.04. The fourth-order valence-corrected chi connectivity index (χ4v) is 1.68. The van der Waals surface area contributed by atoms with Crippen LogP contribution in [0.3, 0.4) is 0 Å². The lowest BCUT2D eigenvalue weighted by Crippen LogP contribution is -2.35. The Bertz CT molecular complexity index is 442. The van der Waals surface area contributed by atoms with Crippen molar-refractivity contribution in [1.82, 2.24) is 5.32 Å². The summed E-state index contributed by atoms with van der Waals surface area (Å²) < 4.78 is 5.90. The highest BCUT2D eigenvalue weighted by atomic mass is 16.5. The minimum atomic E-state index is -0.0904. The second-order valence-electron chi connectivity index (χ2n) is 3.74. The average molecular weight is 228 g/mol. The van der Waals surface area contributed by atoms with E-state index in [1.807, 2.05) is 37.3 Å². The monoisotopic (exact) mass is 228 g/mol. The normalized spacial score (nSPS) is 15.2. The summed E-state index contributed by atoms with van der Waals surface area (Å²) >= 11 is 0. The van der Waals surface area contributed by atoms with Gasteiger partial charge in [0.2, 0.25) is 0 Å². The van der Waals surface area contributed by atoms with Crippen LogP contribution < -0.4 is 10.1 Å². The zero-order chi connectivity index (χ0) is 11.9. The highest BCUT2D eigenvalue weighted by Gasteiger charge is 2.19. The number of para-hydroxylation sites is 1. The molecular formula is C14H16N2O. The molecule has 0 amide bonds. The summed E-state index contributed by atoms with van der Waals surface area (Å²) in [6.07, 6.45) is 0.573. The van der Waals surface area contributed by atoms with Crippen LogP contribution in [-0.4, -0.2) is 25.0 Å². The Morgan fingerprint density at radius 1 is 1.41 bits per heavy atom. The molecule has 1 unspecified atom stereocenters. The van der Waals surface area contributed by atoms with E-state index in [2.05, 4.69) is 22.2 Å². The molecule has 1 aromatic carbocycles. The van der Waals surface area contributed by atoms with Crippen LogP contribution in [0.4, 0.5) is 0 Å². The van der Waals surface area contributed by atoms with Crippen LogP contribution in [-0.2, 0) is 0 Å². The number of rotatable bonds is 4. The first-order valence-corrected chi connectivity index (χ1v) is 5.79. The van der Waals surface area contributed by atoms with Gasteiger partial charge in [-0.2, -0.15) is 0 Å². The van der Waals surface area contributed by atoms with E-state index in [4.69, 9.17) is 4.74 Å². The summed E-state index contributed by atoms with van der Waals surface area (Å²) in [6.45, 7) is 3.55. The van der Waals surface area contributed by atoms with Crippen molar-refractivity contribution in [3.05, 3.63) is 30.3 Å². The first-order valence-electron chi connectivity index (χ1n) is 5.79. The maximum absolute atomic E-state index is 5.90. The Balaban J connectivity index is 2.07. The number of nitrogens with one attached hydrogen (secondary N) is 1. The lowest BCUT2D eigenvalue weighted by atomic mass is 10.2. The van der Waals surface area contributed by atoms with Gasteiger partial charge in [0.1, 0.15) is 11.6 Å². The molecule has 0 saturated heterocycles. The van der Waals surface area contributed by atoms with Gasteiger partial charge in [-0.15, -0.1) is 5.92 Å². The van der Waals surface area contributed by atoms with E-state index < -0.39 is 0 Å². The summed E-state index contributed by atoms with van der Waals surface area (Å²) in [5, 5.41) is 3.24. The smallest absolute Gasteiger partial charge is 0.166 e. The average Bonchev–Trinajstić information content (AvgIpc) is 2.89. The van der Waals surface area contributed by atoms with E-state index in [1.165, 1.54) is 0 Å². The molecule has 0 saturated carbocycles. The molecule has 1 N–H and O–H groups in total. The molecule has 1 heterocycles. The summed E-state index contributed by atoms with van der Waals surface area (Å²) in [4.78, 5) is 4.40. The Labute approximate surface area is 102 Å². The van der Waals surface area contributed by atoms with Crippen molar-refractivity contribution < 1.29 is 4.74 Å². The largest absolute Gasteiger partial charge is 0.482 e. The molecule has 88 valence electrons. The van der Waals surface area contributed by atoms with Gasteiger partial charge >= 0.3 is 0 Å². The zero-order valence-electron chi connectivity index (χ0n) is 9.94. The minimum absolute atomic E-state index is 0.0904. The topological polar surface area (TPSA) is 33.6 Å². The van der Waals surface area contributed by atoms with Crippen molar-refractivity contribution in [1.29, 1.82) is 0 Å². The number of ether oxygens (including phenoxy) is 1. The van der Waals surface area contributed by atoms with Crippen molar-refractivity contribution in [2.75, 3.05) is 13.1 Å². The van der Waals surface area contributed by atoms with E-state index in [0.717, 1.165) is 24.7 Å². The lowest BCUT2D eigenvalue weighted by Gasteiger charge is -2.17. The van der Waals surface area contributed by atoms with E-state index in [9.17, 15) is 0 Å². The third kappa shape index (κ3) is 3.25. The number of aliphatic imine (C=N–C) groups is 1. The number of amidine groups is 1. The van der Waals surface area contributed by atoms with E-state index >= 15 is 0 Å². The first kappa shape index (κ1) is 11.5. The summed E-state index contributed by atoms with van der Waals surface area (Å²) in [5.74, 6) is 7.71. The molecule has 17 heavy (non-hydrogen) atoms. The van der Waals surface area contributed by atoms with E-state index in [1.54, 1.807) is 0 Å². The third-order valence-electron chi connectivity index (χ3n) is 2.49. The van der Waals surface area contributed by atoms with Crippen LogP contribution >= 0.6 is 0 Å². The number of hydrogen-bond donors (Lipinski definition) is 1. The van der Waals surface area contributed by atoms with Crippen molar-refractivity contribution in [2.45, 2.75) is 19.4 Å². The molecule has 1 atom stereocenters. The predicted molar refractivity (Wildman–Crippen MR) is 69.2 cm³/mol. The molecular weight excluding hydrogens is 212 g/mol. The first-order chi connectivity index (χ1) is 8.40. The maximum Gasteiger partial charge on any atom is 0.166 e. The number of hydrogen-bond acceptors (Lipinski definition) is 3. The van der Waals surface area contributed by atoms with Gasteiger partial charge in [-0.3, -0.25) is 4.99 Å². The summed E-state index contributed by atoms with van der Waals surface area (Å²) in [6, 6.07) is 9.78. The van der Waals surface area contributed by atoms with Gasteiger partial charge in [-0.05, 0) is 19.1 Å². The SMILES string of the molecule is CC#CCC(Oc1ccccc1)C1=NCCN1. The quantitative estimate of drug-likeness (QED) is 0.798. The second kappa shape index (κ2) is 5.95. The molecule has 0 aliphatic carbocycles. The van der Waals surface area contributed by atoms with Crippen LogP contribution in [0.25, 0.3) is 0 Å². The van der Waals surface area contributed by atoms with Gasteiger partial charge in [0, 0.05) is 6.54 Å². The Morgan fingerprint density at radius 3 is 2.88 bits per heavy atom. The minimum Gasteiger partial charge on any atom is -0.482 e. The maximum atomic E-state index is 5.90. The molecule has 1 aliphatic rings. The van der Waals surface area contributed by atoms with E-state index in [-0.39, 0.29) is 6.10 Å². The summed E-state index contributed by atoms with van der Waals surface area (Å²) in [5.41, 5.74) is 0. The zero-order valence-corrected chi connectivity index (χ0v) is 9.94. The van der Waals surface area contributed by atoms with Crippen LogP contribution in [0.5, 0.6) is 5.75 Å². The van der Waals surface area contributed by atoms with Crippen LogP contribution in [0.15, 0.2) is 35.3 Å². The summed E-state index contributed by atoms with van der Waals surface area (Å²) in [7, 11) is 0. The molecule has 1 aliphatic heterocycles. The lowest BCUT2D eigenvalue weighted by molar-refractivity contribution is 0.269. The van der Waals surface area contributed by atoms with E-state index in [0.29, 0.717) is 6.42 Å². The molecule has 0 bridgehead atoms. The van der Waals surface area contributed by atoms with Gasteiger partial charge in [-0.25, -0.2) is 0 Å². The third-order valence-corrected chi connectivity index (χ3v) is 2.49. The molecule has 0 fully saturated rings. The number of benzene rings is 1. The van der Waals surface area contributed by atoms with Crippen molar-refractivity contribution >= 4 is 5.84 Å². The highest BCUT2D eigenvalue weighted by Crippen LogP contribution is 2.13. The number of nitrogens with zero attached hydrogens (tertiary/aromatic N) is 1. The van der Waals surface area contributed by atoms with Gasteiger partial charge in [0.15, 0.2) is 6.10 Å². The molecule has 0 radical (unpaired) electrons. The highest BCUT2D eigenvalue weighted by molar-refractivity contribution is 5.88. The standard InChI is InChI=1S/C14H16N2O/c1-2-3-9-13(14-15-10-11-16-14)17-12-7-5-4-6-8-12/h4-8,13H,9-11H2,1H3,(H,15,16). The Morgan fingerprint density at radius 2 is 2.24 bits per heavy atom. The predicted octanol–water partition coefficient (Wildman–Crippen LogP) is 1.85. The van der Waals surface area contributed by atoms with Crippen molar-refractivity contribution in [3.8, 4) is 17.6 Å². The van der Waals surface area contributed by atoms with Crippen LogP contribution in [0.1, 0.15) is 13.3 Å². The molecule has 3 nitrogen and oxygen atoms in total. The Hall–Kier alpha value is -1.95. The molecule has 0 spiro atoms. The fourth-order valence-electron chi connectivity index (χ4n) is 1.68. The fraction of sp³-hybridized carbons (Fsp3) is 0.357. The van der Waals surface area contributed by atoms with Crippen LogP contribution in [0.2, 0.25) is 0 Å². The van der Waals surface area contributed by atoms with Crippen LogP contribution in [0, 0.1) is 11.8 Å². The van der Waals surface area contributed by atoms with Crippen molar-refractivity contribution in [3.63, 3.8) is 0 Å². The van der Waals surface area contributed by atoms with Gasteiger partial charge < -0.3 is 10.1 Å². The molecule has 2 rings (SSSR count). The van der Waals surface area contributed by atoms with Gasteiger partial charge in [0.05, 0.1) is 13.0 Å². The second-order valence-corrected chi connectivity index (χ2v) is 3.74. The van der Waals surface area contributed by atoms with Gasteiger partial charge in [0.25, 0.3) is 0 Å². The van der Waals surface area contributed by atoms with Gasteiger partial charge in [-0.1, -0.05) is 24.1 Å². The van der Waals surface area contributed by atoms with Crippen molar-refractivity contribution in [2.24, 2.45) is 4.99 Å². The molecule has 3 heteroatoms. The molecule has 0 aromatic heterocycles.